The molecule has 0 aliphatic carbocycles. The summed E-state index contributed by atoms with van der Waals surface area (Å²) in [6.07, 6.45) is 3.84. The van der Waals surface area contributed by atoms with Gasteiger partial charge in [-0.25, -0.2) is 4.39 Å². The quantitative estimate of drug-likeness (QED) is 0.644. The Hall–Kier alpha value is -1.82. The first-order valence-corrected chi connectivity index (χ1v) is 8.19. The summed E-state index contributed by atoms with van der Waals surface area (Å²) >= 11 is 0. The van der Waals surface area contributed by atoms with Crippen LogP contribution in [0.4, 0.5) is 4.39 Å². The lowest BCUT2D eigenvalue weighted by Crippen LogP contribution is -2.49. The van der Waals surface area contributed by atoms with Crippen LogP contribution >= 0.6 is 0 Å². The third kappa shape index (κ3) is 3.93. The highest BCUT2D eigenvalue weighted by molar-refractivity contribution is 5.80. The van der Waals surface area contributed by atoms with Gasteiger partial charge in [0, 0.05) is 7.05 Å². The molecule has 5 nitrogen and oxygen atoms in total. The van der Waals surface area contributed by atoms with Crippen molar-refractivity contribution in [1.29, 1.82) is 0 Å². The second kappa shape index (κ2) is 7.17. The van der Waals surface area contributed by atoms with Gasteiger partial charge in [-0.2, -0.15) is 0 Å². The van der Waals surface area contributed by atoms with Gasteiger partial charge in [-0.3, -0.25) is 4.99 Å². The molecule has 0 radical (unpaired) electrons. The fourth-order valence-corrected chi connectivity index (χ4v) is 3.20. The lowest BCUT2D eigenvalue weighted by molar-refractivity contribution is 0.0992. The third-order valence-electron chi connectivity index (χ3n) is 4.37. The van der Waals surface area contributed by atoms with E-state index in [4.69, 9.17) is 9.47 Å². The molecular weight excluding hydrogens is 297 g/mol. The van der Waals surface area contributed by atoms with E-state index in [2.05, 4.69) is 15.6 Å². The van der Waals surface area contributed by atoms with Crippen molar-refractivity contribution in [2.24, 2.45) is 4.99 Å². The van der Waals surface area contributed by atoms with Crippen LogP contribution in [-0.2, 0) is 4.74 Å². The number of nitrogens with zero attached hydrogens (tertiary/aromatic N) is 1. The van der Waals surface area contributed by atoms with Gasteiger partial charge in [-0.05, 0) is 38.3 Å². The Labute approximate surface area is 136 Å². The monoisotopic (exact) mass is 321 g/mol. The molecule has 6 heteroatoms. The van der Waals surface area contributed by atoms with Crippen LogP contribution in [0, 0.1) is 5.82 Å². The number of guanidine groups is 1. The summed E-state index contributed by atoms with van der Waals surface area (Å²) < 4.78 is 25.0. The van der Waals surface area contributed by atoms with E-state index < -0.39 is 0 Å². The summed E-state index contributed by atoms with van der Waals surface area (Å²) in [5.74, 6) is 0.655. The number of hydrogen-bond acceptors (Lipinski definition) is 3. The fourth-order valence-electron chi connectivity index (χ4n) is 3.20. The maximum Gasteiger partial charge on any atom is 0.191 e. The Bertz CT molecular complexity index is 567. The van der Waals surface area contributed by atoms with Crippen molar-refractivity contribution < 1.29 is 13.9 Å². The highest BCUT2D eigenvalue weighted by atomic mass is 19.1. The maximum atomic E-state index is 13.6. The molecule has 2 aliphatic rings. The number of para-hydroxylation sites is 1. The topological polar surface area (TPSA) is 54.9 Å². The van der Waals surface area contributed by atoms with Crippen molar-refractivity contribution in [2.75, 3.05) is 13.6 Å². The van der Waals surface area contributed by atoms with Gasteiger partial charge in [0.15, 0.2) is 17.5 Å². The van der Waals surface area contributed by atoms with Crippen molar-refractivity contribution in [2.45, 2.75) is 50.5 Å². The van der Waals surface area contributed by atoms with Crippen LogP contribution in [0.3, 0.4) is 0 Å². The first-order chi connectivity index (χ1) is 11.2. The number of ether oxygens (including phenoxy) is 2. The van der Waals surface area contributed by atoms with Gasteiger partial charge >= 0.3 is 0 Å². The largest absolute Gasteiger partial charge is 0.486 e. The zero-order valence-corrected chi connectivity index (χ0v) is 13.6. The number of aliphatic imine (C=N–C) groups is 1. The molecular formula is C17H24FN3O2. The molecule has 1 aromatic rings. The van der Waals surface area contributed by atoms with Gasteiger partial charge < -0.3 is 20.1 Å². The standard InChI is InChI=1S/C17H24FN3O2/c1-11(22-15-6-4-3-5-13(15)18)10-20-17(19-2)21-14-9-12-7-8-16(14)23-12/h3-6,11-12,14,16H,7-10H2,1-2H3,(H2,19,20,21). The molecule has 2 heterocycles. The smallest absolute Gasteiger partial charge is 0.191 e. The number of fused-ring (bicyclic) bond motifs is 2. The Balaban J connectivity index is 1.45. The lowest BCUT2D eigenvalue weighted by atomic mass is 9.96. The van der Waals surface area contributed by atoms with Gasteiger partial charge in [0.25, 0.3) is 0 Å². The fraction of sp³-hybridized carbons (Fsp3) is 0.588. The minimum Gasteiger partial charge on any atom is -0.486 e. The SMILES string of the molecule is CN=C(NCC(C)Oc1ccccc1F)NC1CC2CCC1O2. The summed E-state index contributed by atoms with van der Waals surface area (Å²) in [5, 5.41) is 6.64. The van der Waals surface area contributed by atoms with Gasteiger partial charge in [-0.1, -0.05) is 12.1 Å². The normalized spacial score (nSPS) is 27.8. The van der Waals surface area contributed by atoms with Crippen molar-refractivity contribution in [1.82, 2.24) is 10.6 Å². The molecule has 2 aliphatic heterocycles. The van der Waals surface area contributed by atoms with Crippen LogP contribution in [0.2, 0.25) is 0 Å². The maximum absolute atomic E-state index is 13.6. The summed E-state index contributed by atoms with van der Waals surface area (Å²) in [6, 6.07) is 6.75. The molecule has 0 saturated carbocycles. The number of halogens is 1. The summed E-state index contributed by atoms with van der Waals surface area (Å²) in [6.45, 7) is 2.43. The van der Waals surface area contributed by atoms with Crippen molar-refractivity contribution in [3.05, 3.63) is 30.1 Å². The molecule has 4 unspecified atom stereocenters. The zero-order chi connectivity index (χ0) is 16.2. The van der Waals surface area contributed by atoms with E-state index in [0.717, 1.165) is 18.8 Å². The number of benzene rings is 1. The summed E-state index contributed by atoms with van der Waals surface area (Å²) in [5.41, 5.74) is 0. The Morgan fingerprint density at radius 2 is 2.26 bits per heavy atom. The molecule has 126 valence electrons. The zero-order valence-electron chi connectivity index (χ0n) is 13.6. The molecule has 0 amide bonds. The highest BCUT2D eigenvalue weighted by Gasteiger charge is 2.41. The predicted octanol–water partition coefficient (Wildman–Crippen LogP) is 2.08. The molecule has 2 N–H and O–H groups in total. The van der Waals surface area contributed by atoms with Gasteiger partial charge in [0.1, 0.15) is 6.10 Å². The van der Waals surface area contributed by atoms with E-state index in [-0.39, 0.29) is 17.7 Å². The predicted molar refractivity (Wildman–Crippen MR) is 87.3 cm³/mol. The van der Waals surface area contributed by atoms with Crippen LogP contribution in [-0.4, -0.2) is 43.9 Å². The molecule has 23 heavy (non-hydrogen) atoms. The molecule has 2 fully saturated rings. The molecule has 4 atom stereocenters. The first kappa shape index (κ1) is 16.1. The van der Waals surface area contributed by atoms with E-state index in [1.54, 1.807) is 25.2 Å². The van der Waals surface area contributed by atoms with E-state index in [1.165, 1.54) is 12.5 Å². The van der Waals surface area contributed by atoms with Gasteiger partial charge in [-0.15, -0.1) is 0 Å². The average molecular weight is 321 g/mol. The highest BCUT2D eigenvalue weighted by Crippen LogP contribution is 2.34. The number of hydrogen-bond donors (Lipinski definition) is 2. The Morgan fingerprint density at radius 3 is 2.91 bits per heavy atom. The van der Waals surface area contributed by atoms with Crippen LogP contribution in [0.25, 0.3) is 0 Å². The minimum absolute atomic E-state index is 0.179. The first-order valence-electron chi connectivity index (χ1n) is 8.19. The Morgan fingerprint density at radius 1 is 1.43 bits per heavy atom. The van der Waals surface area contributed by atoms with Crippen LogP contribution in [0.15, 0.2) is 29.3 Å². The van der Waals surface area contributed by atoms with Crippen LogP contribution < -0.4 is 15.4 Å². The van der Waals surface area contributed by atoms with Crippen molar-refractivity contribution in [3.63, 3.8) is 0 Å². The second-order valence-corrected chi connectivity index (χ2v) is 6.17. The molecule has 1 aromatic carbocycles. The van der Waals surface area contributed by atoms with E-state index in [1.807, 2.05) is 6.92 Å². The van der Waals surface area contributed by atoms with Crippen molar-refractivity contribution >= 4 is 5.96 Å². The summed E-state index contributed by atoms with van der Waals surface area (Å²) in [7, 11) is 1.74. The second-order valence-electron chi connectivity index (χ2n) is 6.17. The van der Waals surface area contributed by atoms with Crippen LogP contribution in [0.1, 0.15) is 26.2 Å². The molecule has 2 bridgehead atoms. The van der Waals surface area contributed by atoms with Gasteiger partial charge in [0.05, 0.1) is 24.8 Å². The summed E-state index contributed by atoms with van der Waals surface area (Å²) in [4.78, 5) is 4.24. The molecule has 2 saturated heterocycles. The minimum atomic E-state index is -0.346. The average Bonchev–Trinajstić information content (AvgIpc) is 3.16. The van der Waals surface area contributed by atoms with Crippen molar-refractivity contribution in [3.8, 4) is 5.75 Å². The number of rotatable bonds is 5. The Kier molecular flexibility index (Phi) is 5.00. The van der Waals surface area contributed by atoms with E-state index >= 15 is 0 Å². The molecule has 0 spiro atoms. The van der Waals surface area contributed by atoms with Crippen LogP contribution in [0.5, 0.6) is 5.75 Å². The van der Waals surface area contributed by atoms with E-state index in [0.29, 0.717) is 24.8 Å². The van der Waals surface area contributed by atoms with E-state index in [9.17, 15) is 4.39 Å². The number of nitrogens with one attached hydrogen (secondary N) is 2. The lowest BCUT2D eigenvalue weighted by Gasteiger charge is -2.23. The molecule has 3 rings (SSSR count). The molecule has 0 aromatic heterocycles. The van der Waals surface area contributed by atoms with Gasteiger partial charge in [0.2, 0.25) is 0 Å². The third-order valence-corrected chi connectivity index (χ3v) is 4.37.